The van der Waals surface area contributed by atoms with Gasteiger partial charge in [-0.15, -0.1) is 0 Å². The van der Waals surface area contributed by atoms with Crippen LogP contribution in [0.3, 0.4) is 0 Å². The van der Waals surface area contributed by atoms with E-state index < -0.39 is 5.56 Å². The van der Waals surface area contributed by atoms with Crippen LogP contribution in [0.2, 0.25) is 5.02 Å². The van der Waals surface area contributed by atoms with E-state index in [-0.39, 0.29) is 23.2 Å². The molecule has 0 saturated carbocycles. The second-order valence-electron chi connectivity index (χ2n) is 8.72. The minimum absolute atomic E-state index is 0.136. The van der Waals surface area contributed by atoms with Gasteiger partial charge < -0.3 is 20.1 Å². The van der Waals surface area contributed by atoms with Gasteiger partial charge in [0.25, 0.3) is 5.56 Å². The highest BCUT2D eigenvalue weighted by molar-refractivity contribution is 6.33. The van der Waals surface area contributed by atoms with Crippen molar-refractivity contribution in [2.75, 3.05) is 31.0 Å². The van der Waals surface area contributed by atoms with Crippen LogP contribution in [0.1, 0.15) is 0 Å². The second-order valence-corrected chi connectivity index (χ2v) is 9.12. The number of nitrogens with one attached hydrogen (secondary N) is 2. The minimum atomic E-state index is -0.444. The molecule has 0 aliphatic heterocycles. The molecule has 0 aliphatic rings. The van der Waals surface area contributed by atoms with Crippen molar-refractivity contribution in [3.8, 4) is 22.7 Å². The Hall–Kier alpha value is -5.06. The summed E-state index contributed by atoms with van der Waals surface area (Å²) in [5.74, 6) is 0.567. The van der Waals surface area contributed by atoms with Crippen LogP contribution < -0.4 is 20.9 Å². The van der Waals surface area contributed by atoms with Crippen LogP contribution in [-0.2, 0) is 9.53 Å². The standard InChI is InChI=1S/C30H25ClN6O4/c1-3-26(38)33-20-7-6-8-21(17-20)37-28-25(35-27(29(37)39)23-9-4-5-10-24(23)31)18-32-30(36-28)34-19-11-13-22(14-12-19)41-16-15-40-2/h3-14,17-18H,1,15-16H2,2H3,(H,33,38)(H,32,34,36). The predicted molar refractivity (Wildman–Crippen MR) is 159 cm³/mol. The number of anilines is 3. The lowest BCUT2D eigenvalue weighted by atomic mass is 10.1. The van der Waals surface area contributed by atoms with Crippen molar-refractivity contribution in [1.29, 1.82) is 0 Å². The Morgan fingerprint density at radius 1 is 1.02 bits per heavy atom. The molecular weight excluding hydrogens is 544 g/mol. The summed E-state index contributed by atoms with van der Waals surface area (Å²) in [6.07, 6.45) is 2.70. The van der Waals surface area contributed by atoms with E-state index in [4.69, 9.17) is 21.1 Å². The summed E-state index contributed by atoms with van der Waals surface area (Å²) in [6, 6.07) is 21.1. The van der Waals surface area contributed by atoms with Crippen LogP contribution in [0.25, 0.3) is 28.1 Å². The Labute approximate surface area is 240 Å². The van der Waals surface area contributed by atoms with Crippen molar-refractivity contribution in [2.24, 2.45) is 0 Å². The van der Waals surface area contributed by atoms with Crippen molar-refractivity contribution in [3.63, 3.8) is 0 Å². The molecule has 2 heterocycles. The van der Waals surface area contributed by atoms with E-state index in [9.17, 15) is 9.59 Å². The SMILES string of the molecule is C=CC(=O)Nc1cccc(-n2c(=O)c(-c3ccccc3Cl)nc3cnc(Nc4ccc(OCCOC)cc4)nc32)c1. The Bertz CT molecular complexity index is 1790. The summed E-state index contributed by atoms with van der Waals surface area (Å²) in [5, 5.41) is 6.25. The molecule has 0 spiro atoms. The highest BCUT2D eigenvalue weighted by atomic mass is 35.5. The highest BCUT2D eigenvalue weighted by Gasteiger charge is 2.18. The van der Waals surface area contributed by atoms with E-state index in [1.54, 1.807) is 55.6 Å². The van der Waals surface area contributed by atoms with Crippen LogP contribution in [0.5, 0.6) is 5.75 Å². The first-order valence-corrected chi connectivity index (χ1v) is 12.9. The number of halogens is 1. The van der Waals surface area contributed by atoms with Gasteiger partial charge in [0.2, 0.25) is 11.9 Å². The monoisotopic (exact) mass is 568 g/mol. The molecule has 206 valence electrons. The molecule has 2 aromatic heterocycles. The molecule has 0 bridgehead atoms. The Morgan fingerprint density at radius 2 is 1.83 bits per heavy atom. The summed E-state index contributed by atoms with van der Waals surface area (Å²) in [7, 11) is 1.62. The van der Waals surface area contributed by atoms with Gasteiger partial charge in [0, 0.05) is 24.0 Å². The third kappa shape index (κ3) is 6.24. The van der Waals surface area contributed by atoms with Crippen LogP contribution in [0, 0.1) is 0 Å². The summed E-state index contributed by atoms with van der Waals surface area (Å²) in [5.41, 5.74) is 2.44. The Morgan fingerprint density at radius 3 is 2.59 bits per heavy atom. The molecule has 0 unspecified atom stereocenters. The number of amides is 1. The first-order valence-electron chi connectivity index (χ1n) is 12.5. The third-order valence-corrected chi connectivity index (χ3v) is 6.28. The molecule has 5 aromatic rings. The molecule has 10 nitrogen and oxygen atoms in total. The zero-order chi connectivity index (χ0) is 28.8. The number of carbonyl (C=O) groups is 1. The maximum absolute atomic E-state index is 14.0. The number of ether oxygens (including phenoxy) is 2. The van der Waals surface area contributed by atoms with Crippen molar-refractivity contribution < 1.29 is 14.3 Å². The number of aromatic nitrogens is 4. The van der Waals surface area contributed by atoms with Gasteiger partial charge >= 0.3 is 0 Å². The lowest BCUT2D eigenvalue weighted by molar-refractivity contribution is -0.111. The molecule has 1 amide bonds. The van der Waals surface area contributed by atoms with E-state index >= 15 is 0 Å². The summed E-state index contributed by atoms with van der Waals surface area (Å²) in [6.45, 7) is 4.42. The van der Waals surface area contributed by atoms with Gasteiger partial charge in [0.15, 0.2) is 5.65 Å². The van der Waals surface area contributed by atoms with Crippen molar-refractivity contribution in [3.05, 3.63) is 107 Å². The number of fused-ring (bicyclic) bond motifs is 1. The lowest BCUT2D eigenvalue weighted by Crippen LogP contribution is -2.23. The summed E-state index contributed by atoms with van der Waals surface area (Å²) < 4.78 is 12.0. The van der Waals surface area contributed by atoms with Crippen molar-refractivity contribution in [1.82, 2.24) is 19.5 Å². The van der Waals surface area contributed by atoms with E-state index in [0.717, 1.165) is 0 Å². The molecule has 0 aliphatic carbocycles. The summed E-state index contributed by atoms with van der Waals surface area (Å²) >= 11 is 6.44. The van der Waals surface area contributed by atoms with Gasteiger partial charge in [-0.25, -0.2) is 9.97 Å². The maximum atomic E-state index is 14.0. The predicted octanol–water partition coefficient (Wildman–Crippen LogP) is 5.39. The fraction of sp³-hybridized carbons (Fsp3) is 0.100. The Balaban J connectivity index is 1.60. The van der Waals surface area contributed by atoms with E-state index in [1.807, 2.05) is 24.3 Å². The average Bonchev–Trinajstić information content (AvgIpc) is 2.98. The van der Waals surface area contributed by atoms with Crippen LogP contribution in [-0.4, -0.2) is 45.7 Å². The van der Waals surface area contributed by atoms with E-state index in [0.29, 0.717) is 52.1 Å². The molecule has 0 atom stereocenters. The van der Waals surface area contributed by atoms with Gasteiger partial charge in [0.05, 0.1) is 23.5 Å². The highest BCUT2D eigenvalue weighted by Crippen LogP contribution is 2.27. The largest absolute Gasteiger partial charge is 0.491 e. The number of nitrogens with zero attached hydrogens (tertiary/aromatic N) is 4. The Kier molecular flexibility index (Phi) is 8.33. The van der Waals surface area contributed by atoms with Gasteiger partial charge in [-0.2, -0.15) is 4.98 Å². The smallest absolute Gasteiger partial charge is 0.283 e. The fourth-order valence-corrected chi connectivity index (χ4v) is 4.26. The zero-order valence-corrected chi connectivity index (χ0v) is 22.8. The molecule has 0 fully saturated rings. The number of carbonyl (C=O) groups excluding carboxylic acids is 1. The molecule has 0 radical (unpaired) electrons. The number of hydrogen-bond acceptors (Lipinski definition) is 8. The molecular formula is C30H25ClN6O4. The van der Waals surface area contributed by atoms with E-state index in [1.165, 1.54) is 16.8 Å². The van der Waals surface area contributed by atoms with E-state index in [2.05, 4.69) is 32.2 Å². The molecule has 11 heteroatoms. The van der Waals surface area contributed by atoms with Crippen LogP contribution in [0.15, 0.2) is 96.4 Å². The van der Waals surface area contributed by atoms with Gasteiger partial charge in [-0.1, -0.05) is 42.4 Å². The molecule has 0 saturated heterocycles. The van der Waals surface area contributed by atoms with Crippen molar-refractivity contribution >= 4 is 46.0 Å². The maximum Gasteiger partial charge on any atom is 0.283 e. The summed E-state index contributed by atoms with van der Waals surface area (Å²) in [4.78, 5) is 39.6. The first kappa shape index (κ1) is 27.5. The fourth-order valence-electron chi connectivity index (χ4n) is 4.03. The number of rotatable bonds is 10. The zero-order valence-electron chi connectivity index (χ0n) is 22.0. The normalized spacial score (nSPS) is 10.8. The first-order chi connectivity index (χ1) is 20.0. The number of benzene rings is 3. The van der Waals surface area contributed by atoms with Gasteiger partial charge in [-0.05, 0) is 54.6 Å². The molecule has 2 N–H and O–H groups in total. The lowest BCUT2D eigenvalue weighted by Gasteiger charge is -2.14. The average molecular weight is 569 g/mol. The number of hydrogen-bond donors (Lipinski definition) is 2. The van der Waals surface area contributed by atoms with Gasteiger partial charge in [-0.3, -0.25) is 14.2 Å². The quantitative estimate of drug-likeness (QED) is 0.170. The third-order valence-electron chi connectivity index (χ3n) is 5.95. The number of methoxy groups -OCH3 is 1. The van der Waals surface area contributed by atoms with Crippen molar-refractivity contribution in [2.45, 2.75) is 0 Å². The topological polar surface area (TPSA) is 120 Å². The molecule has 41 heavy (non-hydrogen) atoms. The second kappa shape index (κ2) is 12.4. The molecule has 3 aromatic carbocycles. The van der Waals surface area contributed by atoms with Crippen LogP contribution >= 0.6 is 11.6 Å². The minimum Gasteiger partial charge on any atom is -0.491 e. The molecule has 5 rings (SSSR count). The van der Waals surface area contributed by atoms with Crippen LogP contribution in [0.4, 0.5) is 17.3 Å². The van der Waals surface area contributed by atoms with Gasteiger partial charge in [0.1, 0.15) is 23.6 Å².